The van der Waals surface area contributed by atoms with E-state index in [4.69, 9.17) is 15.2 Å². The molecule has 2 rings (SSSR count). The molecule has 108 valence electrons. The molecule has 0 aliphatic carbocycles. The van der Waals surface area contributed by atoms with Gasteiger partial charge in [0.1, 0.15) is 0 Å². The van der Waals surface area contributed by atoms with Crippen molar-refractivity contribution in [1.82, 2.24) is 0 Å². The van der Waals surface area contributed by atoms with E-state index in [-0.39, 0.29) is 6.04 Å². The second-order valence-corrected chi connectivity index (χ2v) is 7.57. The fourth-order valence-corrected chi connectivity index (χ4v) is 4.11. The Morgan fingerprint density at radius 1 is 1.10 bits per heavy atom. The monoisotopic (exact) mass is 419 g/mol. The maximum Gasteiger partial charge on any atom is 0.161 e. The van der Waals surface area contributed by atoms with Crippen LogP contribution in [0, 0.1) is 6.92 Å². The zero-order valence-corrected chi connectivity index (χ0v) is 15.4. The van der Waals surface area contributed by atoms with Crippen LogP contribution in [-0.2, 0) is 0 Å². The molecule has 0 saturated heterocycles. The van der Waals surface area contributed by atoms with Gasteiger partial charge in [-0.2, -0.15) is 0 Å². The highest BCUT2D eigenvalue weighted by Gasteiger charge is 2.18. The van der Waals surface area contributed by atoms with Gasteiger partial charge < -0.3 is 15.2 Å². The first-order valence-electron chi connectivity index (χ1n) is 5.90. The summed E-state index contributed by atoms with van der Waals surface area (Å²) >= 11 is 8.61. The molecule has 0 aliphatic rings. The van der Waals surface area contributed by atoms with Crippen molar-refractivity contribution >= 4 is 43.2 Å². The van der Waals surface area contributed by atoms with Gasteiger partial charge in [0, 0.05) is 9.35 Å². The minimum atomic E-state index is -0.192. The van der Waals surface area contributed by atoms with Crippen molar-refractivity contribution in [2.24, 2.45) is 5.73 Å². The van der Waals surface area contributed by atoms with E-state index in [2.05, 4.69) is 31.9 Å². The number of nitrogens with two attached hydrogens (primary N) is 1. The summed E-state index contributed by atoms with van der Waals surface area (Å²) in [7, 11) is 3.26. The number of methoxy groups -OCH3 is 2. The molecule has 0 radical (unpaired) electrons. The van der Waals surface area contributed by atoms with Crippen LogP contribution in [0.5, 0.6) is 11.5 Å². The zero-order valence-electron chi connectivity index (χ0n) is 11.4. The molecule has 2 aromatic rings. The Hall–Kier alpha value is -0.560. The van der Waals surface area contributed by atoms with Crippen molar-refractivity contribution in [1.29, 1.82) is 0 Å². The molecule has 2 N–H and O–H groups in total. The SMILES string of the molecule is COc1cc(C)c(C(N)c2cc(Br)c(Br)s2)cc1OC. The van der Waals surface area contributed by atoms with Crippen molar-refractivity contribution in [3.63, 3.8) is 0 Å². The van der Waals surface area contributed by atoms with E-state index < -0.39 is 0 Å². The molecule has 0 bridgehead atoms. The van der Waals surface area contributed by atoms with Crippen LogP contribution in [-0.4, -0.2) is 14.2 Å². The van der Waals surface area contributed by atoms with E-state index in [1.165, 1.54) is 0 Å². The Balaban J connectivity index is 2.46. The highest BCUT2D eigenvalue weighted by molar-refractivity contribution is 9.13. The van der Waals surface area contributed by atoms with Crippen LogP contribution in [0.25, 0.3) is 0 Å². The van der Waals surface area contributed by atoms with Crippen LogP contribution in [0.2, 0.25) is 0 Å². The lowest BCUT2D eigenvalue weighted by Gasteiger charge is -2.17. The van der Waals surface area contributed by atoms with Crippen LogP contribution in [0.3, 0.4) is 0 Å². The fraction of sp³-hybridized carbons (Fsp3) is 0.286. The molecular formula is C14H15Br2NO2S. The van der Waals surface area contributed by atoms with Crippen molar-refractivity contribution in [3.8, 4) is 11.5 Å². The number of ether oxygens (including phenoxy) is 2. The van der Waals surface area contributed by atoms with Crippen molar-refractivity contribution < 1.29 is 9.47 Å². The summed E-state index contributed by atoms with van der Waals surface area (Å²) in [5.74, 6) is 1.41. The summed E-state index contributed by atoms with van der Waals surface area (Å²) < 4.78 is 12.7. The Bertz CT molecular complexity index is 608. The standard InChI is InChI=1S/C14H15Br2NO2S/c1-7-4-10(18-2)11(19-3)5-8(7)13(17)12-6-9(15)14(16)20-12/h4-6,13H,17H2,1-3H3. The smallest absolute Gasteiger partial charge is 0.161 e. The Kier molecular flexibility index (Phi) is 5.12. The van der Waals surface area contributed by atoms with Gasteiger partial charge in [0.15, 0.2) is 11.5 Å². The Labute approximate surface area is 139 Å². The lowest BCUT2D eigenvalue weighted by atomic mass is 10.00. The largest absolute Gasteiger partial charge is 0.493 e. The molecule has 0 amide bonds. The summed E-state index contributed by atoms with van der Waals surface area (Å²) in [6, 6.07) is 5.74. The number of benzene rings is 1. The summed E-state index contributed by atoms with van der Waals surface area (Å²) in [4.78, 5) is 1.08. The highest BCUT2D eigenvalue weighted by atomic mass is 79.9. The van der Waals surface area contributed by atoms with E-state index in [9.17, 15) is 0 Å². The van der Waals surface area contributed by atoms with Gasteiger partial charge in [-0.3, -0.25) is 0 Å². The normalized spacial score (nSPS) is 12.3. The number of hydrogen-bond donors (Lipinski definition) is 1. The van der Waals surface area contributed by atoms with E-state index in [0.29, 0.717) is 5.75 Å². The van der Waals surface area contributed by atoms with Crippen molar-refractivity contribution in [3.05, 3.63) is 42.5 Å². The molecule has 20 heavy (non-hydrogen) atoms. The second-order valence-electron chi connectivity index (χ2n) is 4.31. The highest BCUT2D eigenvalue weighted by Crippen LogP contribution is 2.39. The van der Waals surface area contributed by atoms with E-state index >= 15 is 0 Å². The third-order valence-corrected chi connectivity index (χ3v) is 6.42. The van der Waals surface area contributed by atoms with Crippen LogP contribution in [0.4, 0.5) is 0 Å². The first-order chi connectivity index (χ1) is 9.47. The first kappa shape index (κ1) is 15.8. The van der Waals surface area contributed by atoms with Crippen molar-refractivity contribution in [2.45, 2.75) is 13.0 Å². The summed E-state index contributed by atoms with van der Waals surface area (Å²) in [6.07, 6.45) is 0. The quantitative estimate of drug-likeness (QED) is 0.782. The predicted octanol–water partition coefficient (Wildman–Crippen LogP) is 4.65. The molecule has 0 saturated carbocycles. The van der Waals surface area contributed by atoms with Crippen LogP contribution < -0.4 is 15.2 Å². The first-order valence-corrected chi connectivity index (χ1v) is 8.31. The third-order valence-electron chi connectivity index (χ3n) is 3.08. The molecule has 1 heterocycles. The predicted molar refractivity (Wildman–Crippen MR) is 90.0 cm³/mol. The van der Waals surface area contributed by atoms with Gasteiger partial charge in [-0.15, -0.1) is 11.3 Å². The molecule has 1 atom stereocenters. The summed E-state index contributed by atoms with van der Waals surface area (Å²) in [5, 5.41) is 0. The summed E-state index contributed by atoms with van der Waals surface area (Å²) in [6.45, 7) is 2.02. The third kappa shape index (κ3) is 3.03. The number of halogens is 2. The maximum atomic E-state index is 6.39. The fourth-order valence-electron chi connectivity index (χ4n) is 2.00. The van der Waals surface area contributed by atoms with Gasteiger partial charge in [-0.1, -0.05) is 0 Å². The second kappa shape index (κ2) is 6.47. The molecular weight excluding hydrogens is 406 g/mol. The van der Waals surface area contributed by atoms with Gasteiger partial charge in [-0.05, 0) is 68.1 Å². The molecule has 0 fully saturated rings. The van der Waals surface area contributed by atoms with Crippen molar-refractivity contribution in [2.75, 3.05) is 14.2 Å². The Morgan fingerprint density at radius 2 is 1.70 bits per heavy atom. The molecule has 3 nitrogen and oxygen atoms in total. The molecule has 0 aliphatic heterocycles. The number of hydrogen-bond acceptors (Lipinski definition) is 4. The molecule has 1 unspecified atom stereocenters. The zero-order chi connectivity index (χ0) is 14.9. The molecule has 1 aromatic heterocycles. The van der Waals surface area contributed by atoms with Crippen LogP contribution in [0.15, 0.2) is 26.5 Å². The Morgan fingerprint density at radius 3 is 2.20 bits per heavy atom. The lowest BCUT2D eigenvalue weighted by Crippen LogP contribution is -2.12. The summed E-state index contributed by atoms with van der Waals surface area (Å²) in [5.41, 5.74) is 8.50. The average Bonchev–Trinajstić information content (AvgIpc) is 2.77. The van der Waals surface area contributed by atoms with Gasteiger partial charge in [0.2, 0.25) is 0 Å². The minimum Gasteiger partial charge on any atom is -0.493 e. The topological polar surface area (TPSA) is 44.5 Å². The van der Waals surface area contributed by atoms with Gasteiger partial charge in [0.05, 0.1) is 24.0 Å². The van der Waals surface area contributed by atoms with Gasteiger partial charge in [-0.25, -0.2) is 0 Å². The van der Waals surface area contributed by atoms with Crippen LogP contribution in [0.1, 0.15) is 22.0 Å². The van der Waals surface area contributed by atoms with Gasteiger partial charge in [0.25, 0.3) is 0 Å². The lowest BCUT2D eigenvalue weighted by molar-refractivity contribution is 0.354. The van der Waals surface area contributed by atoms with E-state index in [1.54, 1.807) is 25.6 Å². The molecule has 0 spiro atoms. The molecule has 1 aromatic carbocycles. The maximum absolute atomic E-state index is 6.39. The molecule has 6 heteroatoms. The van der Waals surface area contributed by atoms with Gasteiger partial charge >= 0.3 is 0 Å². The number of thiophene rings is 1. The van der Waals surface area contributed by atoms with E-state index in [1.807, 2.05) is 25.1 Å². The minimum absolute atomic E-state index is 0.192. The average molecular weight is 421 g/mol. The van der Waals surface area contributed by atoms with Crippen LogP contribution >= 0.6 is 43.2 Å². The van der Waals surface area contributed by atoms with E-state index in [0.717, 1.165) is 30.0 Å². The number of rotatable bonds is 4. The number of aryl methyl sites for hydroxylation is 1.